The number of hydrogen-bond acceptors (Lipinski definition) is 3. The van der Waals surface area contributed by atoms with Crippen LogP contribution in [0, 0.1) is 0 Å². The Morgan fingerprint density at radius 1 is 1.44 bits per heavy atom. The molecule has 0 radical (unpaired) electrons. The molecule has 1 heterocycles. The quantitative estimate of drug-likeness (QED) is 0.864. The number of rotatable bonds is 3. The molecule has 18 heavy (non-hydrogen) atoms. The number of carbonyl (C=O) groups is 1. The van der Waals surface area contributed by atoms with E-state index in [4.69, 9.17) is 0 Å². The average Bonchev–Trinajstić information content (AvgIpc) is 2.74. The van der Waals surface area contributed by atoms with Gasteiger partial charge < -0.3 is 10.2 Å². The maximum Gasteiger partial charge on any atom is 0.339 e. The molecule has 0 aliphatic heterocycles. The first-order valence-corrected chi connectivity index (χ1v) is 6.51. The molecular weight excluding hydrogens is 232 g/mol. The van der Waals surface area contributed by atoms with Crippen molar-refractivity contribution >= 4 is 5.97 Å². The number of aliphatic hydroxyl groups excluding tert-OH is 1. The Labute approximate surface area is 106 Å². The fourth-order valence-electron chi connectivity index (χ4n) is 2.75. The second-order valence-corrected chi connectivity index (χ2v) is 5.27. The first-order valence-electron chi connectivity index (χ1n) is 6.51. The number of aromatic carboxylic acids is 1. The van der Waals surface area contributed by atoms with E-state index in [-0.39, 0.29) is 17.5 Å². The van der Waals surface area contributed by atoms with Crippen LogP contribution in [0.3, 0.4) is 0 Å². The van der Waals surface area contributed by atoms with Crippen LogP contribution in [0.15, 0.2) is 6.20 Å². The van der Waals surface area contributed by atoms with Crippen molar-refractivity contribution in [3.05, 3.63) is 17.5 Å². The number of aliphatic hydroxyl groups is 1. The van der Waals surface area contributed by atoms with Crippen molar-refractivity contribution in [1.29, 1.82) is 0 Å². The normalized spacial score (nSPS) is 24.4. The van der Waals surface area contributed by atoms with E-state index >= 15 is 0 Å². The summed E-state index contributed by atoms with van der Waals surface area (Å²) < 4.78 is 1.73. The molecule has 0 spiro atoms. The topological polar surface area (TPSA) is 75.3 Å². The molecule has 2 unspecified atom stereocenters. The number of nitrogens with zero attached hydrogens (tertiary/aromatic N) is 2. The lowest BCUT2D eigenvalue weighted by Gasteiger charge is -2.30. The van der Waals surface area contributed by atoms with Crippen molar-refractivity contribution in [3.8, 4) is 0 Å². The Hall–Kier alpha value is -1.36. The van der Waals surface area contributed by atoms with Crippen LogP contribution < -0.4 is 0 Å². The Bertz CT molecular complexity index is 439. The van der Waals surface area contributed by atoms with E-state index in [1.807, 2.05) is 13.8 Å². The van der Waals surface area contributed by atoms with Crippen LogP contribution in [0.4, 0.5) is 0 Å². The summed E-state index contributed by atoms with van der Waals surface area (Å²) in [6.07, 6.45) is 4.70. The number of aromatic nitrogens is 2. The van der Waals surface area contributed by atoms with Crippen LogP contribution in [0.1, 0.15) is 67.5 Å². The third kappa shape index (κ3) is 2.27. The molecule has 0 saturated heterocycles. The fourth-order valence-corrected chi connectivity index (χ4v) is 2.75. The lowest BCUT2D eigenvalue weighted by molar-refractivity contribution is 0.0655. The van der Waals surface area contributed by atoms with Crippen LogP contribution in [0.5, 0.6) is 0 Å². The fraction of sp³-hybridized carbons (Fsp3) is 0.692. The van der Waals surface area contributed by atoms with Gasteiger partial charge in [0.05, 0.1) is 24.0 Å². The van der Waals surface area contributed by atoms with Gasteiger partial charge in [0, 0.05) is 0 Å². The van der Waals surface area contributed by atoms with Crippen LogP contribution in [0.25, 0.3) is 0 Å². The standard InChI is InChI=1S/C13H20N2O3/c1-8(2)12-9(13(17)18)7-14-15(12)10-5-3-4-6-11(10)16/h7-8,10-11,16H,3-6H2,1-2H3,(H,17,18). The molecule has 1 aliphatic carbocycles. The highest BCUT2D eigenvalue weighted by atomic mass is 16.4. The number of hydrogen-bond donors (Lipinski definition) is 2. The van der Waals surface area contributed by atoms with Gasteiger partial charge in [-0.2, -0.15) is 5.10 Å². The third-order valence-electron chi connectivity index (χ3n) is 3.62. The number of carboxylic acid groups (broad SMARTS) is 1. The van der Waals surface area contributed by atoms with Gasteiger partial charge in [0.1, 0.15) is 5.56 Å². The van der Waals surface area contributed by atoms with Gasteiger partial charge in [-0.25, -0.2) is 4.79 Å². The van der Waals surface area contributed by atoms with E-state index in [2.05, 4.69) is 5.10 Å². The predicted octanol–water partition coefficient (Wildman–Crippen LogP) is 2.18. The smallest absolute Gasteiger partial charge is 0.339 e. The van der Waals surface area contributed by atoms with Crippen molar-refractivity contribution in [2.24, 2.45) is 0 Å². The molecule has 1 aliphatic rings. The molecule has 1 saturated carbocycles. The second-order valence-electron chi connectivity index (χ2n) is 5.27. The second kappa shape index (κ2) is 5.10. The minimum Gasteiger partial charge on any atom is -0.478 e. The van der Waals surface area contributed by atoms with E-state index < -0.39 is 12.1 Å². The zero-order valence-electron chi connectivity index (χ0n) is 10.8. The van der Waals surface area contributed by atoms with Gasteiger partial charge in [-0.05, 0) is 18.8 Å². The average molecular weight is 252 g/mol. The Kier molecular flexibility index (Phi) is 3.71. The highest BCUT2D eigenvalue weighted by Crippen LogP contribution is 2.32. The van der Waals surface area contributed by atoms with E-state index in [1.165, 1.54) is 6.20 Å². The van der Waals surface area contributed by atoms with Gasteiger partial charge in [-0.1, -0.05) is 26.7 Å². The molecule has 5 nitrogen and oxygen atoms in total. The van der Waals surface area contributed by atoms with E-state index in [1.54, 1.807) is 4.68 Å². The first-order chi connectivity index (χ1) is 8.52. The van der Waals surface area contributed by atoms with Crippen LogP contribution in [0.2, 0.25) is 0 Å². The molecule has 0 bridgehead atoms. The minimum atomic E-state index is -0.949. The summed E-state index contributed by atoms with van der Waals surface area (Å²) in [5, 5.41) is 23.5. The third-order valence-corrected chi connectivity index (χ3v) is 3.62. The molecule has 0 aromatic carbocycles. The van der Waals surface area contributed by atoms with Gasteiger partial charge in [-0.15, -0.1) is 0 Å². The summed E-state index contributed by atoms with van der Waals surface area (Å²) in [6.45, 7) is 3.91. The van der Waals surface area contributed by atoms with Crippen molar-refractivity contribution in [2.75, 3.05) is 0 Å². The first kappa shape index (κ1) is 13.1. The molecule has 2 N–H and O–H groups in total. The van der Waals surface area contributed by atoms with Crippen LogP contribution in [-0.4, -0.2) is 32.1 Å². The molecule has 1 aromatic heterocycles. The van der Waals surface area contributed by atoms with Gasteiger partial charge in [0.2, 0.25) is 0 Å². The number of carboxylic acids is 1. The maximum absolute atomic E-state index is 11.2. The molecule has 2 rings (SSSR count). The van der Waals surface area contributed by atoms with Gasteiger partial charge >= 0.3 is 5.97 Å². The summed E-state index contributed by atoms with van der Waals surface area (Å²) in [5.74, 6) is -0.872. The molecular formula is C13H20N2O3. The molecule has 0 amide bonds. The van der Waals surface area contributed by atoms with Gasteiger partial charge in [0.25, 0.3) is 0 Å². The molecule has 2 atom stereocenters. The zero-order chi connectivity index (χ0) is 13.3. The Balaban J connectivity index is 2.40. The SMILES string of the molecule is CC(C)c1c(C(=O)O)cnn1C1CCCCC1O. The monoisotopic (exact) mass is 252 g/mol. The van der Waals surface area contributed by atoms with Gasteiger partial charge in [-0.3, -0.25) is 4.68 Å². The molecule has 1 aromatic rings. The highest BCUT2D eigenvalue weighted by Gasteiger charge is 2.30. The van der Waals surface area contributed by atoms with Crippen molar-refractivity contribution in [3.63, 3.8) is 0 Å². The molecule has 100 valence electrons. The van der Waals surface area contributed by atoms with Crippen molar-refractivity contribution < 1.29 is 15.0 Å². The van der Waals surface area contributed by atoms with Crippen molar-refractivity contribution in [1.82, 2.24) is 9.78 Å². The maximum atomic E-state index is 11.2. The Morgan fingerprint density at radius 2 is 2.11 bits per heavy atom. The molecule has 5 heteroatoms. The minimum absolute atomic E-state index is 0.0766. The summed E-state index contributed by atoms with van der Waals surface area (Å²) >= 11 is 0. The van der Waals surface area contributed by atoms with E-state index in [0.29, 0.717) is 5.69 Å². The van der Waals surface area contributed by atoms with Crippen LogP contribution in [-0.2, 0) is 0 Å². The van der Waals surface area contributed by atoms with Gasteiger partial charge in [0.15, 0.2) is 0 Å². The van der Waals surface area contributed by atoms with Crippen molar-refractivity contribution in [2.45, 2.75) is 57.6 Å². The summed E-state index contributed by atoms with van der Waals surface area (Å²) in [5.41, 5.74) is 0.969. The summed E-state index contributed by atoms with van der Waals surface area (Å²) in [6, 6.07) is -0.0794. The lowest BCUT2D eigenvalue weighted by Crippen LogP contribution is -2.30. The largest absolute Gasteiger partial charge is 0.478 e. The zero-order valence-corrected chi connectivity index (χ0v) is 10.8. The van der Waals surface area contributed by atoms with E-state index in [9.17, 15) is 15.0 Å². The lowest BCUT2D eigenvalue weighted by atomic mass is 9.92. The summed E-state index contributed by atoms with van der Waals surface area (Å²) in [4.78, 5) is 11.2. The predicted molar refractivity (Wildman–Crippen MR) is 66.8 cm³/mol. The Morgan fingerprint density at radius 3 is 2.67 bits per heavy atom. The van der Waals surface area contributed by atoms with Crippen LogP contribution >= 0.6 is 0 Å². The summed E-state index contributed by atoms with van der Waals surface area (Å²) in [7, 11) is 0. The highest BCUT2D eigenvalue weighted by molar-refractivity contribution is 5.88. The molecule has 1 fully saturated rings. The van der Waals surface area contributed by atoms with E-state index in [0.717, 1.165) is 25.7 Å².